The van der Waals surface area contributed by atoms with Crippen molar-refractivity contribution in [3.63, 3.8) is 0 Å². The summed E-state index contributed by atoms with van der Waals surface area (Å²) in [6.45, 7) is 13.4. The highest BCUT2D eigenvalue weighted by molar-refractivity contribution is 5.79. The van der Waals surface area contributed by atoms with Crippen LogP contribution in [0.25, 0.3) is 0 Å². The normalized spacial score (nSPS) is 9.71. The first-order valence-electron chi connectivity index (χ1n) is 8.52. The summed E-state index contributed by atoms with van der Waals surface area (Å²) in [6.07, 6.45) is 6.97. The van der Waals surface area contributed by atoms with Crippen molar-refractivity contribution < 1.29 is 38.9 Å². The van der Waals surface area contributed by atoms with Crippen molar-refractivity contribution >= 4 is 23.9 Å². The Balaban J connectivity index is 0. The molecule has 0 radical (unpaired) electrons. The van der Waals surface area contributed by atoms with Crippen LogP contribution in [0.3, 0.4) is 0 Å². The molecule has 0 unspecified atom stereocenters. The zero-order valence-corrected chi connectivity index (χ0v) is 15.9. The average molecular weight is 396 g/mol. The Morgan fingerprint density at radius 3 is 1.46 bits per heavy atom. The molecule has 156 valence electrons. The van der Waals surface area contributed by atoms with Gasteiger partial charge in [0, 0.05) is 19.3 Å². The van der Waals surface area contributed by atoms with Crippen molar-refractivity contribution in [1.29, 1.82) is 0 Å². The van der Waals surface area contributed by atoms with Crippen LogP contribution in [0.2, 0.25) is 0 Å². The van der Waals surface area contributed by atoms with Crippen LogP contribution in [-0.2, 0) is 28.7 Å². The lowest BCUT2D eigenvalue weighted by Crippen LogP contribution is -2.26. The molecule has 0 rings (SSSR count). The van der Waals surface area contributed by atoms with Crippen molar-refractivity contribution in [1.82, 2.24) is 0 Å². The van der Waals surface area contributed by atoms with E-state index in [0.29, 0.717) is 19.3 Å². The van der Waals surface area contributed by atoms with Gasteiger partial charge in [0.25, 0.3) is 0 Å². The van der Waals surface area contributed by atoms with Gasteiger partial charge in [-0.05, 0) is 25.7 Å². The lowest BCUT2D eigenvalue weighted by Gasteiger charge is -2.20. The number of ether oxygens (including phenoxy) is 2. The molecule has 0 aromatic heterocycles. The molecule has 0 amide bonds. The Morgan fingerprint density at radius 1 is 0.750 bits per heavy atom. The highest BCUT2D eigenvalue weighted by Gasteiger charge is 2.31. The Morgan fingerprint density at radius 2 is 1.18 bits per heavy atom. The number of hydrogen-bond acceptors (Lipinski definition) is 6. The van der Waals surface area contributed by atoms with Crippen LogP contribution in [0.4, 0.5) is 0 Å². The molecule has 28 heavy (non-hydrogen) atoms. The summed E-state index contributed by atoms with van der Waals surface area (Å²) in [5.41, 5.74) is -1.20. The molecular formula is C20H28O8. The van der Waals surface area contributed by atoms with Gasteiger partial charge in [0.15, 0.2) is 0 Å². The fraction of sp³-hybridized carbons (Fsp3) is 0.400. The maximum atomic E-state index is 10.9. The summed E-state index contributed by atoms with van der Waals surface area (Å²) in [7, 11) is 0. The largest absolute Gasteiger partial charge is 0.481 e. The number of carboxylic acid groups (broad SMARTS) is 2. The molecule has 8 nitrogen and oxygen atoms in total. The second-order valence-electron chi connectivity index (χ2n) is 5.52. The first kappa shape index (κ1) is 27.1. The smallest absolute Gasteiger partial charge is 0.317 e. The predicted octanol–water partition coefficient (Wildman–Crippen LogP) is 3.60. The van der Waals surface area contributed by atoms with E-state index >= 15 is 0 Å². The third kappa shape index (κ3) is 13.1. The zero-order chi connectivity index (χ0) is 22.0. The van der Waals surface area contributed by atoms with Crippen LogP contribution in [0.1, 0.15) is 44.9 Å². The maximum Gasteiger partial charge on any atom is 0.317 e. The van der Waals surface area contributed by atoms with Crippen molar-refractivity contribution in [3.8, 4) is 0 Å². The van der Waals surface area contributed by atoms with Gasteiger partial charge in [-0.2, -0.15) is 0 Å². The molecule has 0 aromatic rings. The van der Waals surface area contributed by atoms with Crippen molar-refractivity contribution in [3.05, 3.63) is 51.0 Å². The van der Waals surface area contributed by atoms with E-state index in [0.717, 1.165) is 12.5 Å². The Kier molecular flexibility index (Phi) is 15.5. The standard InChI is InChI=1S/2C10H14O4/c1-3-10(4-2,9(13)14)7-5-6-8(11)12;1-3-13-9(11)7-5-6-8-10(12)14-4-2/h3-4H,1-2,5-7H2,(H,11,12)(H,13,14);3-4H,1-2,5-8H2. The van der Waals surface area contributed by atoms with Crippen molar-refractivity contribution in [2.24, 2.45) is 5.41 Å². The van der Waals surface area contributed by atoms with Crippen molar-refractivity contribution in [2.45, 2.75) is 44.9 Å². The monoisotopic (exact) mass is 396 g/mol. The third-order valence-electron chi connectivity index (χ3n) is 3.55. The van der Waals surface area contributed by atoms with Gasteiger partial charge in [-0.25, -0.2) is 0 Å². The molecule has 0 saturated heterocycles. The van der Waals surface area contributed by atoms with Gasteiger partial charge in [0.05, 0.1) is 12.5 Å². The van der Waals surface area contributed by atoms with E-state index < -0.39 is 17.4 Å². The summed E-state index contributed by atoms with van der Waals surface area (Å²) in [5.74, 6) is -2.65. The minimum Gasteiger partial charge on any atom is -0.481 e. The second-order valence-corrected chi connectivity index (χ2v) is 5.52. The number of carbonyl (C=O) groups excluding carboxylic acids is 2. The summed E-state index contributed by atoms with van der Waals surface area (Å²) >= 11 is 0. The summed E-state index contributed by atoms with van der Waals surface area (Å²) < 4.78 is 8.98. The number of unbranched alkanes of at least 4 members (excludes halogenated alkanes) is 1. The molecule has 0 aliphatic heterocycles. The van der Waals surface area contributed by atoms with Crippen LogP contribution < -0.4 is 0 Å². The van der Waals surface area contributed by atoms with Crippen LogP contribution >= 0.6 is 0 Å². The van der Waals surface area contributed by atoms with Gasteiger partial charge in [-0.1, -0.05) is 25.3 Å². The molecule has 0 heterocycles. The molecule has 0 spiro atoms. The molecule has 0 aliphatic rings. The van der Waals surface area contributed by atoms with E-state index in [2.05, 4.69) is 35.8 Å². The summed E-state index contributed by atoms with van der Waals surface area (Å²) in [6, 6.07) is 0. The fourth-order valence-corrected chi connectivity index (χ4v) is 1.94. The minimum atomic E-state index is -1.20. The van der Waals surface area contributed by atoms with E-state index in [9.17, 15) is 19.2 Å². The second kappa shape index (κ2) is 16.0. The summed E-state index contributed by atoms with van der Waals surface area (Å²) in [5, 5.41) is 17.3. The van der Waals surface area contributed by atoms with E-state index in [1.54, 1.807) is 0 Å². The molecule has 0 fully saturated rings. The molecule has 0 aromatic carbocycles. The van der Waals surface area contributed by atoms with Crippen LogP contribution in [-0.4, -0.2) is 34.1 Å². The van der Waals surface area contributed by atoms with Gasteiger partial charge in [-0.3, -0.25) is 19.2 Å². The molecular weight excluding hydrogens is 368 g/mol. The average Bonchev–Trinajstić information content (AvgIpc) is 2.63. The number of rotatable bonds is 14. The Labute approximate surface area is 164 Å². The zero-order valence-electron chi connectivity index (χ0n) is 15.9. The Hall–Kier alpha value is -3.16. The highest BCUT2D eigenvalue weighted by atomic mass is 16.5. The molecule has 0 aliphatic carbocycles. The SMILES string of the molecule is C=CC(C=C)(CCCC(=O)O)C(=O)O.C=COC(=O)CCCCC(=O)OC=C. The maximum absolute atomic E-state index is 10.9. The predicted molar refractivity (Wildman–Crippen MR) is 103 cm³/mol. The number of aliphatic carboxylic acids is 2. The van der Waals surface area contributed by atoms with E-state index in [1.807, 2.05) is 0 Å². The number of esters is 2. The quantitative estimate of drug-likeness (QED) is 0.197. The van der Waals surface area contributed by atoms with E-state index in [4.69, 9.17) is 10.2 Å². The van der Waals surface area contributed by atoms with Gasteiger partial charge in [0.2, 0.25) is 0 Å². The van der Waals surface area contributed by atoms with Crippen molar-refractivity contribution in [2.75, 3.05) is 0 Å². The van der Waals surface area contributed by atoms with E-state index in [1.165, 1.54) is 12.2 Å². The topological polar surface area (TPSA) is 127 Å². The lowest BCUT2D eigenvalue weighted by atomic mass is 9.83. The van der Waals surface area contributed by atoms with Crippen LogP contribution in [0.5, 0.6) is 0 Å². The number of carbonyl (C=O) groups is 4. The van der Waals surface area contributed by atoms with Crippen LogP contribution in [0.15, 0.2) is 51.0 Å². The highest BCUT2D eigenvalue weighted by Crippen LogP contribution is 2.27. The first-order chi connectivity index (χ1) is 13.2. The van der Waals surface area contributed by atoms with Gasteiger partial charge >= 0.3 is 23.9 Å². The molecule has 0 bridgehead atoms. The van der Waals surface area contributed by atoms with Gasteiger partial charge < -0.3 is 19.7 Å². The molecule has 8 heteroatoms. The third-order valence-corrected chi connectivity index (χ3v) is 3.55. The fourth-order valence-electron chi connectivity index (χ4n) is 1.94. The molecule has 0 saturated carbocycles. The minimum absolute atomic E-state index is 0.0449. The molecule has 0 atom stereocenters. The first-order valence-corrected chi connectivity index (χ1v) is 8.52. The Bertz CT molecular complexity index is 545. The van der Waals surface area contributed by atoms with E-state index in [-0.39, 0.29) is 37.6 Å². The number of carboxylic acids is 2. The lowest BCUT2D eigenvalue weighted by molar-refractivity contribution is -0.144. The van der Waals surface area contributed by atoms with Crippen LogP contribution in [0, 0.1) is 5.41 Å². The van der Waals surface area contributed by atoms with Gasteiger partial charge in [-0.15, -0.1) is 13.2 Å². The van der Waals surface area contributed by atoms with Gasteiger partial charge in [0.1, 0.15) is 5.41 Å². The molecule has 2 N–H and O–H groups in total. The number of hydrogen-bond donors (Lipinski definition) is 2. The summed E-state index contributed by atoms with van der Waals surface area (Å²) in [4.78, 5) is 42.7.